The van der Waals surface area contributed by atoms with Crippen molar-refractivity contribution in [2.45, 2.75) is 73.7 Å². The van der Waals surface area contributed by atoms with E-state index in [1.807, 2.05) is 0 Å². The molecule has 2 heteroatoms. The van der Waals surface area contributed by atoms with Crippen LogP contribution in [0.3, 0.4) is 0 Å². The lowest BCUT2D eigenvalue weighted by Crippen LogP contribution is -2.36. The highest BCUT2D eigenvalue weighted by Crippen LogP contribution is 2.50. The summed E-state index contributed by atoms with van der Waals surface area (Å²) in [7, 11) is 0. The summed E-state index contributed by atoms with van der Waals surface area (Å²) in [6.45, 7) is 13.4. The molecule has 1 fully saturated rings. The molecular formula is C16H30F2. The van der Waals surface area contributed by atoms with E-state index in [4.69, 9.17) is 0 Å². The largest absolute Gasteiger partial charge is 0.241 e. The number of hydrogen-bond donors (Lipinski definition) is 0. The van der Waals surface area contributed by atoms with E-state index in [0.717, 1.165) is 12.8 Å². The first-order chi connectivity index (χ1) is 8.03. The minimum absolute atomic E-state index is 0.120. The molecule has 1 rings (SSSR count). The second kappa shape index (κ2) is 5.46. The molecule has 1 aliphatic carbocycles. The van der Waals surface area contributed by atoms with E-state index in [-0.39, 0.29) is 16.7 Å². The van der Waals surface area contributed by atoms with E-state index in [0.29, 0.717) is 24.7 Å². The Morgan fingerprint density at radius 2 is 1.33 bits per heavy atom. The third kappa shape index (κ3) is 3.93. The van der Waals surface area contributed by atoms with Crippen LogP contribution in [0.5, 0.6) is 0 Å². The zero-order chi connectivity index (χ0) is 14.1. The summed E-state index contributed by atoms with van der Waals surface area (Å²) in [6.07, 6.45) is 1.33. The van der Waals surface area contributed by atoms with Gasteiger partial charge in [-0.1, -0.05) is 48.0 Å². The molecule has 0 radical (unpaired) electrons. The number of halogens is 2. The van der Waals surface area contributed by atoms with E-state index in [9.17, 15) is 8.78 Å². The van der Waals surface area contributed by atoms with Gasteiger partial charge in [0.25, 0.3) is 0 Å². The van der Waals surface area contributed by atoms with Crippen molar-refractivity contribution in [1.82, 2.24) is 0 Å². The predicted molar refractivity (Wildman–Crippen MR) is 73.9 cm³/mol. The first-order valence-electron chi connectivity index (χ1n) is 7.31. The first-order valence-corrected chi connectivity index (χ1v) is 7.31. The van der Waals surface area contributed by atoms with E-state index >= 15 is 0 Å². The first kappa shape index (κ1) is 15.9. The zero-order valence-corrected chi connectivity index (χ0v) is 12.9. The third-order valence-electron chi connectivity index (χ3n) is 4.71. The third-order valence-corrected chi connectivity index (χ3v) is 4.71. The summed E-state index contributed by atoms with van der Waals surface area (Å²) >= 11 is 0. The predicted octanol–water partition coefficient (Wildman–Crippen LogP) is 5.77. The Labute approximate surface area is 112 Å². The van der Waals surface area contributed by atoms with Gasteiger partial charge in [0.1, 0.15) is 0 Å². The molecule has 0 spiro atoms. The molecule has 3 atom stereocenters. The molecule has 1 aliphatic rings. The van der Waals surface area contributed by atoms with Gasteiger partial charge in [0.15, 0.2) is 0 Å². The fourth-order valence-corrected chi connectivity index (χ4v) is 3.63. The Morgan fingerprint density at radius 3 is 1.72 bits per heavy atom. The van der Waals surface area contributed by atoms with Crippen molar-refractivity contribution >= 4 is 0 Å². The van der Waals surface area contributed by atoms with Crippen molar-refractivity contribution in [3.8, 4) is 0 Å². The van der Waals surface area contributed by atoms with Crippen LogP contribution in [-0.4, -0.2) is 6.43 Å². The standard InChI is InChI=1S/C16H30F2/c1-15(2,3)12-9-7-8-11(14(17)18)10-13(12)16(4,5)6/h11-14H,7-10H2,1-6H3. The number of rotatable bonds is 1. The Bertz CT molecular complexity index is 257. The highest BCUT2D eigenvalue weighted by molar-refractivity contribution is 4.90. The van der Waals surface area contributed by atoms with Gasteiger partial charge >= 0.3 is 0 Å². The lowest BCUT2D eigenvalue weighted by Gasteiger charge is -2.43. The van der Waals surface area contributed by atoms with Crippen LogP contribution in [0.4, 0.5) is 8.78 Å². The van der Waals surface area contributed by atoms with Crippen molar-refractivity contribution < 1.29 is 8.78 Å². The average Bonchev–Trinajstić information content (AvgIpc) is 2.36. The fraction of sp³-hybridized carbons (Fsp3) is 1.00. The van der Waals surface area contributed by atoms with Crippen LogP contribution >= 0.6 is 0 Å². The van der Waals surface area contributed by atoms with Crippen LogP contribution in [0, 0.1) is 28.6 Å². The Morgan fingerprint density at radius 1 is 0.833 bits per heavy atom. The summed E-state index contributed by atoms with van der Waals surface area (Å²) in [5.41, 5.74) is 0.338. The van der Waals surface area contributed by atoms with Crippen molar-refractivity contribution in [3.63, 3.8) is 0 Å². The molecule has 0 N–H and O–H groups in total. The van der Waals surface area contributed by atoms with Crippen LogP contribution in [0.2, 0.25) is 0 Å². The molecule has 18 heavy (non-hydrogen) atoms. The van der Waals surface area contributed by atoms with Gasteiger partial charge in [-0.2, -0.15) is 0 Å². The summed E-state index contributed by atoms with van der Waals surface area (Å²) in [4.78, 5) is 0. The van der Waals surface area contributed by atoms with E-state index < -0.39 is 6.43 Å². The Hall–Kier alpha value is -0.140. The fourth-order valence-electron chi connectivity index (χ4n) is 3.63. The van der Waals surface area contributed by atoms with Crippen LogP contribution in [0.25, 0.3) is 0 Å². The van der Waals surface area contributed by atoms with Gasteiger partial charge in [-0.15, -0.1) is 0 Å². The monoisotopic (exact) mass is 260 g/mol. The molecule has 0 bridgehead atoms. The highest BCUT2D eigenvalue weighted by Gasteiger charge is 2.42. The minimum atomic E-state index is -2.14. The minimum Gasteiger partial charge on any atom is -0.210 e. The Kier molecular flexibility index (Phi) is 4.83. The molecule has 0 saturated heterocycles. The van der Waals surface area contributed by atoms with Crippen LogP contribution in [0.15, 0.2) is 0 Å². The summed E-state index contributed by atoms with van der Waals surface area (Å²) in [6, 6.07) is 0. The summed E-state index contributed by atoms with van der Waals surface area (Å²) in [5, 5.41) is 0. The molecule has 0 aliphatic heterocycles. The number of hydrogen-bond acceptors (Lipinski definition) is 0. The van der Waals surface area contributed by atoms with Crippen molar-refractivity contribution in [2.75, 3.05) is 0 Å². The molecule has 0 aromatic carbocycles. The molecule has 1 saturated carbocycles. The molecule has 0 heterocycles. The molecule has 108 valence electrons. The van der Waals surface area contributed by atoms with Gasteiger partial charge in [-0.25, -0.2) is 8.78 Å². The van der Waals surface area contributed by atoms with E-state index in [1.165, 1.54) is 0 Å². The SMILES string of the molecule is CC(C)(C)C1CCCC(C(F)F)CC1C(C)(C)C. The second-order valence-corrected chi connectivity index (χ2v) is 8.21. The van der Waals surface area contributed by atoms with Gasteiger partial charge in [-0.3, -0.25) is 0 Å². The lowest BCUT2D eigenvalue weighted by atomic mass is 9.62. The normalized spacial score (nSPS) is 31.5. The maximum absolute atomic E-state index is 13.1. The molecule has 3 unspecified atom stereocenters. The molecule has 0 aromatic rings. The molecule has 0 amide bonds. The quantitative estimate of drug-likeness (QED) is 0.525. The zero-order valence-electron chi connectivity index (χ0n) is 12.9. The van der Waals surface area contributed by atoms with Gasteiger partial charge in [0, 0.05) is 5.92 Å². The number of alkyl halides is 2. The Balaban J connectivity index is 2.98. The van der Waals surface area contributed by atoms with Crippen molar-refractivity contribution in [1.29, 1.82) is 0 Å². The molecule has 0 nitrogen and oxygen atoms in total. The van der Waals surface area contributed by atoms with Gasteiger partial charge in [-0.05, 0) is 41.9 Å². The van der Waals surface area contributed by atoms with Gasteiger partial charge in [0.2, 0.25) is 6.43 Å². The molecular weight excluding hydrogens is 230 g/mol. The topological polar surface area (TPSA) is 0 Å². The van der Waals surface area contributed by atoms with Crippen LogP contribution in [0.1, 0.15) is 67.2 Å². The maximum atomic E-state index is 13.1. The van der Waals surface area contributed by atoms with Crippen LogP contribution in [-0.2, 0) is 0 Å². The van der Waals surface area contributed by atoms with Crippen molar-refractivity contribution in [3.05, 3.63) is 0 Å². The van der Waals surface area contributed by atoms with Crippen molar-refractivity contribution in [2.24, 2.45) is 28.6 Å². The maximum Gasteiger partial charge on any atom is 0.241 e. The highest BCUT2D eigenvalue weighted by atomic mass is 19.3. The molecule has 0 aromatic heterocycles. The summed E-state index contributed by atoms with van der Waals surface area (Å²) < 4.78 is 26.2. The van der Waals surface area contributed by atoms with E-state index in [1.54, 1.807) is 0 Å². The van der Waals surface area contributed by atoms with Gasteiger partial charge < -0.3 is 0 Å². The van der Waals surface area contributed by atoms with E-state index in [2.05, 4.69) is 41.5 Å². The van der Waals surface area contributed by atoms with Gasteiger partial charge in [0.05, 0.1) is 0 Å². The lowest BCUT2D eigenvalue weighted by molar-refractivity contribution is 0.0189. The van der Waals surface area contributed by atoms with Crippen LogP contribution < -0.4 is 0 Å². The second-order valence-electron chi connectivity index (χ2n) is 8.21. The smallest absolute Gasteiger partial charge is 0.210 e. The summed E-state index contributed by atoms with van der Waals surface area (Å²) in [5.74, 6) is 0.571. The average molecular weight is 260 g/mol.